The van der Waals surface area contributed by atoms with Crippen molar-refractivity contribution in [3.8, 4) is 5.75 Å². The van der Waals surface area contributed by atoms with E-state index >= 15 is 0 Å². The highest BCUT2D eigenvalue weighted by atomic mass is 32.1. The number of rotatable bonds is 6. The van der Waals surface area contributed by atoms with Crippen LogP contribution in [-0.4, -0.2) is 55.6 Å². The van der Waals surface area contributed by atoms with E-state index in [2.05, 4.69) is 20.1 Å². The van der Waals surface area contributed by atoms with E-state index in [4.69, 9.17) is 4.74 Å². The van der Waals surface area contributed by atoms with Crippen molar-refractivity contribution < 1.29 is 9.53 Å². The minimum absolute atomic E-state index is 0.0450. The maximum atomic E-state index is 12.2. The summed E-state index contributed by atoms with van der Waals surface area (Å²) in [4.78, 5) is 21.0. The van der Waals surface area contributed by atoms with Crippen LogP contribution in [0.2, 0.25) is 0 Å². The molecule has 0 aliphatic carbocycles. The smallest absolute Gasteiger partial charge is 0.234 e. The van der Waals surface area contributed by atoms with Gasteiger partial charge in [0, 0.05) is 49.9 Å². The lowest BCUT2D eigenvalue weighted by atomic mass is 10.2. The molecule has 1 aliphatic rings. The summed E-state index contributed by atoms with van der Waals surface area (Å²) in [5, 5.41) is 6.03. The average molecular weight is 346 g/mol. The molecule has 7 heteroatoms. The second kappa shape index (κ2) is 8.12. The summed E-state index contributed by atoms with van der Waals surface area (Å²) < 4.78 is 5.30. The first kappa shape index (κ1) is 16.7. The molecular formula is C17H22N4O2S. The number of aromatic nitrogens is 1. The first-order valence-electron chi connectivity index (χ1n) is 8.01. The van der Waals surface area contributed by atoms with Crippen molar-refractivity contribution in [2.24, 2.45) is 0 Å². The fourth-order valence-corrected chi connectivity index (χ4v) is 3.47. The van der Waals surface area contributed by atoms with E-state index in [-0.39, 0.29) is 5.91 Å². The predicted molar refractivity (Wildman–Crippen MR) is 95.6 cm³/mol. The first-order valence-corrected chi connectivity index (χ1v) is 8.89. The Kier molecular flexibility index (Phi) is 5.66. The second-order valence-corrected chi connectivity index (χ2v) is 6.54. The van der Waals surface area contributed by atoms with Crippen LogP contribution < -0.4 is 15.0 Å². The van der Waals surface area contributed by atoms with Gasteiger partial charge in [-0.15, -0.1) is 11.3 Å². The van der Waals surface area contributed by atoms with Gasteiger partial charge in [-0.3, -0.25) is 9.69 Å². The van der Waals surface area contributed by atoms with Crippen molar-refractivity contribution in [3.05, 3.63) is 41.4 Å². The number of thiazole rings is 1. The highest BCUT2D eigenvalue weighted by molar-refractivity contribution is 7.13. The molecule has 0 saturated carbocycles. The standard InChI is InChI=1S/C17H22N4O2S/c1-23-15-5-3-2-4-14(15)12-19-16(22)13-20-7-9-21(10-8-20)17-18-6-11-24-17/h2-6,11H,7-10,12-13H2,1H3,(H,19,22). The Morgan fingerprint density at radius 2 is 2.08 bits per heavy atom. The Balaban J connectivity index is 1.43. The van der Waals surface area contributed by atoms with E-state index < -0.39 is 0 Å². The summed E-state index contributed by atoms with van der Waals surface area (Å²) in [6.45, 7) is 4.49. The summed E-state index contributed by atoms with van der Waals surface area (Å²) >= 11 is 1.66. The molecule has 2 aromatic rings. The molecule has 24 heavy (non-hydrogen) atoms. The number of nitrogens with one attached hydrogen (secondary N) is 1. The maximum absolute atomic E-state index is 12.2. The van der Waals surface area contributed by atoms with Gasteiger partial charge in [0.25, 0.3) is 0 Å². The van der Waals surface area contributed by atoms with Gasteiger partial charge in [-0.25, -0.2) is 4.98 Å². The van der Waals surface area contributed by atoms with Crippen LogP contribution in [0.4, 0.5) is 5.13 Å². The molecule has 0 bridgehead atoms. The van der Waals surface area contributed by atoms with Crippen LogP contribution >= 0.6 is 11.3 Å². The maximum Gasteiger partial charge on any atom is 0.234 e. The monoisotopic (exact) mass is 346 g/mol. The van der Waals surface area contributed by atoms with Crippen LogP contribution in [0.15, 0.2) is 35.8 Å². The fourth-order valence-electron chi connectivity index (χ4n) is 2.77. The molecule has 1 amide bonds. The molecule has 1 aromatic heterocycles. The van der Waals surface area contributed by atoms with Crippen LogP contribution in [0.25, 0.3) is 0 Å². The number of anilines is 1. The van der Waals surface area contributed by atoms with Gasteiger partial charge in [0.2, 0.25) is 5.91 Å². The lowest BCUT2D eigenvalue weighted by Gasteiger charge is -2.34. The van der Waals surface area contributed by atoms with Crippen molar-refractivity contribution in [2.45, 2.75) is 6.54 Å². The van der Waals surface area contributed by atoms with Crippen molar-refractivity contribution in [1.82, 2.24) is 15.2 Å². The fraction of sp³-hybridized carbons (Fsp3) is 0.412. The average Bonchev–Trinajstić information content (AvgIpc) is 3.15. The molecule has 0 unspecified atom stereocenters. The number of para-hydroxylation sites is 1. The van der Waals surface area contributed by atoms with Crippen molar-refractivity contribution in [2.75, 3.05) is 44.7 Å². The minimum Gasteiger partial charge on any atom is -0.496 e. The summed E-state index contributed by atoms with van der Waals surface area (Å²) in [5.41, 5.74) is 0.988. The lowest BCUT2D eigenvalue weighted by molar-refractivity contribution is -0.122. The molecule has 128 valence electrons. The molecule has 1 N–H and O–H groups in total. The zero-order valence-electron chi connectivity index (χ0n) is 13.8. The van der Waals surface area contributed by atoms with Crippen LogP contribution in [0.3, 0.4) is 0 Å². The van der Waals surface area contributed by atoms with Crippen LogP contribution in [0, 0.1) is 0 Å². The SMILES string of the molecule is COc1ccccc1CNC(=O)CN1CCN(c2nccs2)CC1. The van der Waals surface area contributed by atoms with Crippen LogP contribution in [-0.2, 0) is 11.3 Å². The predicted octanol–water partition coefficient (Wildman–Crippen LogP) is 1.59. The van der Waals surface area contributed by atoms with E-state index in [0.29, 0.717) is 13.1 Å². The molecule has 0 radical (unpaired) electrons. The van der Waals surface area contributed by atoms with E-state index in [1.807, 2.05) is 35.8 Å². The van der Waals surface area contributed by atoms with Gasteiger partial charge in [0.1, 0.15) is 5.75 Å². The second-order valence-electron chi connectivity index (χ2n) is 5.67. The number of carbonyl (C=O) groups excluding carboxylic acids is 1. The van der Waals surface area contributed by atoms with Gasteiger partial charge in [-0.1, -0.05) is 18.2 Å². The molecule has 0 atom stereocenters. The van der Waals surface area contributed by atoms with Gasteiger partial charge in [-0.2, -0.15) is 0 Å². The van der Waals surface area contributed by atoms with E-state index in [0.717, 1.165) is 42.6 Å². The topological polar surface area (TPSA) is 57.7 Å². The Bertz CT molecular complexity index is 654. The third kappa shape index (κ3) is 4.24. The summed E-state index contributed by atoms with van der Waals surface area (Å²) in [7, 11) is 1.64. The van der Waals surface area contributed by atoms with Crippen molar-refractivity contribution in [3.63, 3.8) is 0 Å². The zero-order chi connectivity index (χ0) is 16.8. The van der Waals surface area contributed by atoms with E-state index in [1.165, 1.54) is 0 Å². The molecule has 1 fully saturated rings. The molecule has 6 nitrogen and oxygen atoms in total. The number of benzene rings is 1. The highest BCUT2D eigenvalue weighted by Crippen LogP contribution is 2.19. The molecular weight excluding hydrogens is 324 g/mol. The third-order valence-corrected chi connectivity index (χ3v) is 4.93. The first-order chi connectivity index (χ1) is 11.8. The van der Waals surface area contributed by atoms with Gasteiger partial charge in [0.05, 0.1) is 13.7 Å². The highest BCUT2D eigenvalue weighted by Gasteiger charge is 2.20. The Morgan fingerprint density at radius 1 is 1.29 bits per heavy atom. The Morgan fingerprint density at radius 3 is 2.79 bits per heavy atom. The van der Waals surface area contributed by atoms with E-state index in [1.54, 1.807) is 18.4 Å². The molecule has 1 aromatic carbocycles. The minimum atomic E-state index is 0.0450. The third-order valence-electron chi connectivity index (χ3n) is 4.10. The number of methoxy groups -OCH3 is 1. The quantitative estimate of drug-likeness (QED) is 0.861. The number of nitrogens with zero attached hydrogens (tertiary/aromatic N) is 3. The number of hydrogen-bond acceptors (Lipinski definition) is 6. The normalized spacial score (nSPS) is 15.3. The number of amides is 1. The van der Waals surface area contributed by atoms with Gasteiger partial charge in [-0.05, 0) is 6.07 Å². The van der Waals surface area contributed by atoms with E-state index in [9.17, 15) is 4.79 Å². The Hall–Kier alpha value is -2.12. The largest absolute Gasteiger partial charge is 0.496 e. The van der Waals surface area contributed by atoms with Crippen LogP contribution in [0.5, 0.6) is 5.75 Å². The number of carbonyl (C=O) groups is 1. The molecule has 0 spiro atoms. The van der Waals surface area contributed by atoms with Crippen molar-refractivity contribution in [1.29, 1.82) is 0 Å². The summed E-state index contributed by atoms with van der Waals surface area (Å²) in [5.74, 6) is 0.846. The lowest BCUT2D eigenvalue weighted by Crippen LogP contribution is -2.49. The summed E-state index contributed by atoms with van der Waals surface area (Å²) in [6, 6.07) is 7.74. The zero-order valence-corrected chi connectivity index (χ0v) is 14.6. The molecule has 2 heterocycles. The van der Waals surface area contributed by atoms with Crippen molar-refractivity contribution >= 4 is 22.4 Å². The van der Waals surface area contributed by atoms with Crippen LogP contribution in [0.1, 0.15) is 5.56 Å². The van der Waals surface area contributed by atoms with Gasteiger partial charge >= 0.3 is 0 Å². The molecule has 3 rings (SSSR count). The molecule has 1 aliphatic heterocycles. The number of piperazine rings is 1. The Labute approximate surface area is 146 Å². The van der Waals surface area contributed by atoms with Gasteiger partial charge < -0.3 is 15.0 Å². The number of hydrogen-bond donors (Lipinski definition) is 1. The van der Waals surface area contributed by atoms with Gasteiger partial charge in [0.15, 0.2) is 5.13 Å². The number of ether oxygens (including phenoxy) is 1. The molecule has 1 saturated heterocycles. The summed E-state index contributed by atoms with van der Waals surface area (Å²) in [6.07, 6.45) is 1.83.